The molecule has 9 nitrogen and oxygen atoms in total. The topological polar surface area (TPSA) is 111 Å². The zero-order valence-electron chi connectivity index (χ0n) is 18.5. The Morgan fingerprint density at radius 1 is 1.30 bits per heavy atom. The minimum absolute atomic E-state index is 0.0416. The van der Waals surface area contributed by atoms with Crippen LogP contribution in [0.4, 0.5) is 28.8 Å². The molecule has 2 amide bonds. The number of nitrogens with one attached hydrogen (secondary N) is 4. The largest absolute Gasteiger partial charge is 0.354 e. The van der Waals surface area contributed by atoms with Crippen molar-refractivity contribution in [2.24, 2.45) is 0 Å². The number of aryl methyl sites for hydroxylation is 1. The third-order valence-corrected chi connectivity index (χ3v) is 6.62. The molecule has 0 atom stereocenters. The minimum atomic E-state index is -0.187. The molecule has 0 radical (unpaired) electrons. The van der Waals surface area contributed by atoms with Crippen molar-refractivity contribution in [3.8, 4) is 0 Å². The first-order valence-corrected chi connectivity index (χ1v) is 11.7. The summed E-state index contributed by atoms with van der Waals surface area (Å²) in [6, 6.07) is 5.76. The summed E-state index contributed by atoms with van der Waals surface area (Å²) in [4.78, 5) is 35.8. The number of carbonyl (C=O) groups is 2. The first kappa shape index (κ1) is 23.0. The lowest BCUT2D eigenvalue weighted by Gasteiger charge is -2.16. The summed E-state index contributed by atoms with van der Waals surface area (Å²) in [6.45, 7) is 5.80. The van der Waals surface area contributed by atoms with Gasteiger partial charge >= 0.3 is 0 Å². The van der Waals surface area contributed by atoms with Crippen LogP contribution >= 0.6 is 22.9 Å². The van der Waals surface area contributed by atoms with Crippen molar-refractivity contribution in [1.82, 2.24) is 20.2 Å². The SMILES string of the molecule is CCN1CC(=O)Nc2cc(Nc3ncc(Cl)c(Nc4c(C)csc4C(=O)NC)n3)ccc2C1. The minimum Gasteiger partial charge on any atom is -0.354 e. The van der Waals surface area contributed by atoms with Gasteiger partial charge in [-0.15, -0.1) is 11.3 Å². The Balaban J connectivity index is 1.58. The van der Waals surface area contributed by atoms with Gasteiger partial charge in [0.1, 0.15) is 9.90 Å². The Bertz CT molecular complexity index is 1210. The van der Waals surface area contributed by atoms with Crippen LogP contribution in [0.15, 0.2) is 29.8 Å². The van der Waals surface area contributed by atoms with E-state index in [1.165, 1.54) is 17.5 Å². The molecule has 3 heterocycles. The first-order valence-electron chi connectivity index (χ1n) is 10.4. The molecular weight excluding hydrogens is 462 g/mol. The quantitative estimate of drug-likeness (QED) is 0.415. The highest BCUT2D eigenvalue weighted by Gasteiger charge is 2.19. The van der Waals surface area contributed by atoms with Gasteiger partial charge in [-0.3, -0.25) is 14.5 Å². The zero-order chi connectivity index (χ0) is 23.5. The molecule has 0 aliphatic carbocycles. The molecule has 1 aliphatic heterocycles. The highest BCUT2D eigenvalue weighted by molar-refractivity contribution is 7.12. The van der Waals surface area contributed by atoms with Gasteiger partial charge in [0, 0.05) is 25.0 Å². The van der Waals surface area contributed by atoms with Gasteiger partial charge in [-0.1, -0.05) is 24.6 Å². The molecule has 3 aromatic rings. The number of hydrogen-bond acceptors (Lipinski definition) is 8. The molecule has 4 N–H and O–H groups in total. The molecule has 4 rings (SSSR count). The molecule has 1 aliphatic rings. The number of anilines is 5. The number of benzene rings is 1. The van der Waals surface area contributed by atoms with E-state index in [9.17, 15) is 9.59 Å². The van der Waals surface area contributed by atoms with E-state index in [2.05, 4.69) is 36.1 Å². The summed E-state index contributed by atoms with van der Waals surface area (Å²) >= 11 is 7.67. The number of carbonyl (C=O) groups excluding carboxylic acids is 2. The second kappa shape index (κ2) is 9.74. The molecule has 2 aromatic heterocycles. The lowest BCUT2D eigenvalue weighted by atomic mass is 10.1. The van der Waals surface area contributed by atoms with Crippen LogP contribution < -0.4 is 21.3 Å². The fourth-order valence-corrected chi connectivity index (χ4v) is 4.55. The monoisotopic (exact) mass is 485 g/mol. The van der Waals surface area contributed by atoms with E-state index in [4.69, 9.17) is 11.6 Å². The van der Waals surface area contributed by atoms with Crippen LogP contribution in [0.2, 0.25) is 5.02 Å². The Morgan fingerprint density at radius 2 is 2.12 bits per heavy atom. The first-order chi connectivity index (χ1) is 15.9. The fourth-order valence-electron chi connectivity index (χ4n) is 3.46. The highest BCUT2D eigenvalue weighted by atomic mass is 35.5. The van der Waals surface area contributed by atoms with E-state index in [-0.39, 0.29) is 11.8 Å². The molecule has 0 saturated carbocycles. The van der Waals surface area contributed by atoms with E-state index in [0.29, 0.717) is 40.4 Å². The van der Waals surface area contributed by atoms with Crippen LogP contribution in [-0.4, -0.2) is 46.8 Å². The Labute approximate surface area is 200 Å². The maximum absolute atomic E-state index is 12.2. The number of likely N-dealkylation sites (N-methyl/N-ethyl adjacent to an activating group) is 1. The van der Waals surface area contributed by atoms with Crippen molar-refractivity contribution in [2.45, 2.75) is 20.4 Å². The molecule has 0 unspecified atom stereocenters. The van der Waals surface area contributed by atoms with Gasteiger partial charge in [-0.2, -0.15) is 4.98 Å². The second-order valence-electron chi connectivity index (χ2n) is 7.57. The molecule has 0 bridgehead atoms. The standard InChI is InChI=1S/C22H24ClN7O2S/c1-4-30-9-13-5-6-14(7-16(13)27-17(31)10-30)26-22-25-8-15(23)20(29-22)28-18-12(2)11-33-19(18)21(32)24-3/h5-8,11H,4,9-10H2,1-3H3,(H,24,32)(H,27,31)(H2,25,26,28,29). The van der Waals surface area contributed by atoms with Gasteiger partial charge < -0.3 is 21.3 Å². The molecule has 0 fully saturated rings. The van der Waals surface area contributed by atoms with E-state index < -0.39 is 0 Å². The molecule has 1 aromatic carbocycles. The van der Waals surface area contributed by atoms with Crippen molar-refractivity contribution < 1.29 is 9.59 Å². The number of fused-ring (bicyclic) bond motifs is 1. The van der Waals surface area contributed by atoms with E-state index in [0.717, 1.165) is 29.0 Å². The smallest absolute Gasteiger partial charge is 0.263 e. The normalized spacial score (nSPS) is 13.6. The lowest BCUT2D eigenvalue weighted by Crippen LogP contribution is -2.29. The molecule has 33 heavy (non-hydrogen) atoms. The molecule has 0 saturated heterocycles. The maximum Gasteiger partial charge on any atom is 0.263 e. The number of halogens is 1. The summed E-state index contributed by atoms with van der Waals surface area (Å²) < 4.78 is 0. The summed E-state index contributed by atoms with van der Waals surface area (Å²) in [6.07, 6.45) is 1.49. The summed E-state index contributed by atoms with van der Waals surface area (Å²) in [7, 11) is 1.59. The zero-order valence-corrected chi connectivity index (χ0v) is 20.0. The number of aromatic nitrogens is 2. The summed E-state index contributed by atoms with van der Waals surface area (Å²) in [5, 5.41) is 14.1. The highest BCUT2D eigenvalue weighted by Crippen LogP contribution is 2.33. The average Bonchev–Trinajstić information content (AvgIpc) is 3.07. The van der Waals surface area contributed by atoms with Crippen LogP contribution in [0.1, 0.15) is 27.7 Å². The molecule has 11 heteroatoms. The van der Waals surface area contributed by atoms with Gasteiger partial charge in [0.2, 0.25) is 11.9 Å². The molecule has 172 valence electrons. The number of nitrogens with zero attached hydrogens (tertiary/aromatic N) is 3. The van der Waals surface area contributed by atoms with E-state index in [1.54, 1.807) is 7.05 Å². The third kappa shape index (κ3) is 5.08. The predicted octanol–water partition coefficient (Wildman–Crippen LogP) is 4.12. The van der Waals surface area contributed by atoms with Crippen LogP contribution in [0.5, 0.6) is 0 Å². The average molecular weight is 486 g/mol. The number of rotatable bonds is 6. The van der Waals surface area contributed by atoms with Gasteiger partial charge in [0.15, 0.2) is 5.82 Å². The van der Waals surface area contributed by atoms with Crippen molar-refractivity contribution >= 4 is 63.6 Å². The summed E-state index contributed by atoms with van der Waals surface area (Å²) in [5.41, 5.74) is 4.09. The Morgan fingerprint density at radius 3 is 2.88 bits per heavy atom. The second-order valence-corrected chi connectivity index (χ2v) is 8.85. The number of amides is 2. The van der Waals surface area contributed by atoms with Crippen LogP contribution in [0.25, 0.3) is 0 Å². The van der Waals surface area contributed by atoms with E-state index >= 15 is 0 Å². The van der Waals surface area contributed by atoms with Crippen LogP contribution in [-0.2, 0) is 11.3 Å². The van der Waals surface area contributed by atoms with Crippen molar-refractivity contribution in [1.29, 1.82) is 0 Å². The molecular formula is C22H24ClN7O2S. The number of thiophene rings is 1. The van der Waals surface area contributed by atoms with Crippen LogP contribution in [0, 0.1) is 6.92 Å². The Kier molecular flexibility index (Phi) is 6.77. The number of hydrogen-bond donors (Lipinski definition) is 4. The maximum atomic E-state index is 12.2. The summed E-state index contributed by atoms with van der Waals surface area (Å²) in [5.74, 6) is 0.474. The Hall–Kier alpha value is -3.21. The third-order valence-electron chi connectivity index (χ3n) is 5.24. The van der Waals surface area contributed by atoms with Gasteiger partial charge in [0.25, 0.3) is 5.91 Å². The molecule has 0 spiro atoms. The van der Waals surface area contributed by atoms with E-state index in [1.807, 2.05) is 37.4 Å². The van der Waals surface area contributed by atoms with Gasteiger partial charge in [-0.25, -0.2) is 4.98 Å². The predicted molar refractivity (Wildman–Crippen MR) is 132 cm³/mol. The van der Waals surface area contributed by atoms with Crippen molar-refractivity contribution in [3.63, 3.8) is 0 Å². The van der Waals surface area contributed by atoms with Crippen molar-refractivity contribution in [3.05, 3.63) is 50.8 Å². The van der Waals surface area contributed by atoms with Gasteiger partial charge in [0.05, 0.1) is 18.4 Å². The lowest BCUT2D eigenvalue weighted by molar-refractivity contribution is -0.117. The fraction of sp³-hybridized carbons (Fsp3) is 0.273. The van der Waals surface area contributed by atoms with Gasteiger partial charge in [-0.05, 0) is 42.1 Å². The van der Waals surface area contributed by atoms with Crippen molar-refractivity contribution in [2.75, 3.05) is 36.1 Å². The van der Waals surface area contributed by atoms with Crippen LogP contribution in [0.3, 0.4) is 0 Å².